The summed E-state index contributed by atoms with van der Waals surface area (Å²) < 4.78 is 5.35. The SMILES string of the molecule is NC(CO)c1noc(C2CCC3CCCCC3C2)n1. The third kappa shape index (κ3) is 2.67. The van der Waals surface area contributed by atoms with Crippen molar-refractivity contribution in [1.82, 2.24) is 10.1 Å². The van der Waals surface area contributed by atoms with Gasteiger partial charge in [-0.15, -0.1) is 0 Å². The Balaban J connectivity index is 1.67. The Morgan fingerprint density at radius 1 is 1.21 bits per heavy atom. The lowest BCUT2D eigenvalue weighted by atomic mass is 9.67. The average molecular weight is 265 g/mol. The Morgan fingerprint density at radius 2 is 2.00 bits per heavy atom. The quantitative estimate of drug-likeness (QED) is 0.874. The standard InChI is InChI=1S/C14H23N3O2/c15-12(8-18)13-16-14(19-17-13)11-6-5-9-3-1-2-4-10(9)7-11/h9-12,18H,1-8,15H2. The maximum atomic E-state index is 9.02. The van der Waals surface area contributed by atoms with E-state index in [-0.39, 0.29) is 6.61 Å². The highest BCUT2D eigenvalue weighted by Crippen LogP contribution is 2.45. The van der Waals surface area contributed by atoms with Crippen LogP contribution in [0.25, 0.3) is 0 Å². The molecule has 5 nitrogen and oxygen atoms in total. The van der Waals surface area contributed by atoms with Crippen LogP contribution in [0.4, 0.5) is 0 Å². The molecule has 3 rings (SSSR count). The van der Waals surface area contributed by atoms with Crippen molar-refractivity contribution in [3.05, 3.63) is 11.7 Å². The highest BCUT2D eigenvalue weighted by molar-refractivity contribution is 5.01. The maximum absolute atomic E-state index is 9.02. The van der Waals surface area contributed by atoms with Crippen LogP contribution in [0.2, 0.25) is 0 Å². The lowest BCUT2D eigenvalue weighted by molar-refractivity contribution is 0.142. The molecular weight excluding hydrogens is 242 g/mol. The van der Waals surface area contributed by atoms with Gasteiger partial charge in [0.05, 0.1) is 12.6 Å². The van der Waals surface area contributed by atoms with Gasteiger partial charge in [-0.3, -0.25) is 0 Å². The van der Waals surface area contributed by atoms with Gasteiger partial charge >= 0.3 is 0 Å². The molecule has 2 fully saturated rings. The zero-order valence-electron chi connectivity index (χ0n) is 11.3. The summed E-state index contributed by atoms with van der Waals surface area (Å²) in [5.41, 5.74) is 5.71. The van der Waals surface area contributed by atoms with Crippen molar-refractivity contribution in [3.63, 3.8) is 0 Å². The summed E-state index contributed by atoms with van der Waals surface area (Å²) in [5.74, 6) is 3.32. The fourth-order valence-electron chi connectivity index (χ4n) is 3.74. The molecule has 2 aliphatic carbocycles. The molecule has 0 bridgehead atoms. The van der Waals surface area contributed by atoms with Crippen LogP contribution in [0.1, 0.15) is 68.6 Å². The first-order valence-electron chi connectivity index (χ1n) is 7.48. The van der Waals surface area contributed by atoms with Crippen molar-refractivity contribution < 1.29 is 9.63 Å². The molecule has 0 aromatic carbocycles. The van der Waals surface area contributed by atoms with Gasteiger partial charge in [-0.2, -0.15) is 4.98 Å². The van der Waals surface area contributed by atoms with E-state index in [0.29, 0.717) is 11.7 Å². The molecule has 106 valence electrons. The van der Waals surface area contributed by atoms with Crippen molar-refractivity contribution in [3.8, 4) is 0 Å². The Bertz CT molecular complexity index is 421. The fraction of sp³-hybridized carbons (Fsp3) is 0.857. The van der Waals surface area contributed by atoms with E-state index in [0.717, 1.165) is 24.1 Å². The summed E-state index contributed by atoms with van der Waals surface area (Å²) in [6.45, 7) is -0.145. The zero-order chi connectivity index (χ0) is 13.2. The van der Waals surface area contributed by atoms with E-state index in [1.807, 2.05) is 0 Å². The lowest BCUT2D eigenvalue weighted by Gasteiger charge is -2.38. The first kappa shape index (κ1) is 13.1. The van der Waals surface area contributed by atoms with Gasteiger partial charge in [0.2, 0.25) is 5.89 Å². The first-order valence-corrected chi connectivity index (χ1v) is 7.48. The van der Waals surface area contributed by atoms with Crippen LogP contribution in [-0.2, 0) is 0 Å². The Labute approximate surface area is 113 Å². The smallest absolute Gasteiger partial charge is 0.229 e. The molecule has 1 heterocycles. The second kappa shape index (κ2) is 5.59. The molecule has 5 heteroatoms. The Hall–Kier alpha value is -0.940. The molecule has 0 amide bonds. The third-order valence-corrected chi connectivity index (χ3v) is 4.87. The molecule has 1 aromatic rings. The predicted octanol–water partition coefficient (Wildman–Crippen LogP) is 2.14. The van der Waals surface area contributed by atoms with Crippen molar-refractivity contribution in [1.29, 1.82) is 0 Å². The van der Waals surface area contributed by atoms with Gasteiger partial charge in [-0.05, 0) is 31.1 Å². The summed E-state index contributed by atoms with van der Waals surface area (Å²) in [6.07, 6.45) is 9.16. The van der Waals surface area contributed by atoms with Crippen LogP contribution in [0.3, 0.4) is 0 Å². The Morgan fingerprint density at radius 3 is 2.79 bits per heavy atom. The minimum atomic E-state index is -0.525. The molecule has 0 radical (unpaired) electrons. The summed E-state index contributed by atoms with van der Waals surface area (Å²) in [5, 5.41) is 12.9. The van der Waals surface area contributed by atoms with E-state index >= 15 is 0 Å². The number of nitrogens with zero attached hydrogens (tertiary/aromatic N) is 2. The number of nitrogens with two attached hydrogens (primary N) is 1. The van der Waals surface area contributed by atoms with Gasteiger partial charge in [0.25, 0.3) is 0 Å². The molecule has 0 aliphatic heterocycles. The number of aromatic nitrogens is 2. The van der Waals surface area contributed by atoms with Gasteiger partial charge in [-0.1, -0.05) is 30.8 Å². The van der Waals surface area contributed by atoms with Gasteiger partial charge in [0.15, 0.2) is 5.82 Å². The van der Waals surface area contributed by atoms with E-state index in [1.54, 1.807) is 0 Å². The van der Waals surface area contributed by atoms with Crippen molar-refractivity contribution in [2.75, 3.05) is 6.61 Å². The van der Waals surface area contributed by atoms with E-state index in [9.17, 15) is 0 Å². The molecule has 3 N–H and O–H groups in total. The molecule has 0 spiro atoms. The molecule has 19 heavy (non-hydrogen) atoms. The number of hydrogen-bond acceptors (Lipinski definition) is 5. The summed E-state index contributed by atoms with van der Waals surface area (Å²) in [4.78, 5) is 4.38. The Kier molecular flexibility index (Phi) is 3.84. The van der Waals surface area contributed by atoms with Crippen molar-refractivity contribution >= 4 is 0 Å². The molecule has 4 unspecified atom stereocenters. The van der Waals surface area contributed by atoms with Crippen LogP contribution in [0, 0.1) is 11.8 Å². The second-order valence-electron chi connectivity index (χ2n) is 6.09. The fourth-order valence-corrected chi connectivity index (χ4v) is 3.74. The average Bonchev–Trinajstić information content (AvgIpc) is 2.95. The van der Waals surface area contributed by atoms with Crippen LogP contribution in [-0.4, -0.2) is 21.9 Å². The van der Waals surface area contributed by atoms with Crippen molar-refractivity contribution in [2.45, 2.75) is 56.9 Å². The monoisotopic (exact) mass is 265 g/mol. The van der Waals surface area contributed by atoms with E-state index < -0.39 is 6.04 Å². The molecule has 4 atom stereocenters. The topological polar surface area (TPSA) is 85.2 Å². The van der Waals surface area contributed by atoms with E-state index in [1.165, 1.54) is 38.5 Å². The summed E-state index contributed by atoms with van der Waals surface area (Å²) in [6, 6.07) is -0.525. The van der Waals surface area contributed by atoms with Crippen LogP contribution in [0.5, 0.6) is 0 Å². The molecule has 2 aliphatic rings. The first-order chi connectivity index (χ1) is 9.28. The lowest BCUT2D eigenvalue weighted by Crippen LogP contribution is -2.27. The number of rotatable bonds is 3. The van der Waals surface area contributed by atoms with Crippen LogP contribution in [0.15, 0.2) is 4.52 Å². The van der Waals surface area contributed by atoms with Crippen LogP contribution >= 0.6 is 0 Å². The summed E-state index contributed by atoms with van der Waals surface area (Å²) >= 11 is 0. The summed E-state index contributed by atoms with van der Waals surface area (Å²) in [7, 11) is 0. The number of fused-ring (bicyclic) bond motifs is 1. The molecule has 0 saturated heterocycles. The highest BCUT2D eigenvalue weighted by atomic mass is 16.5. The van der Waals surface area contributed by atoms with Gasteiger partial charge < -0.3 is 15.4 Å². The second-order valence-corrected chi connectivity index (χ2v) is 6.09. The van der Waals surface area contributed by atoms with E-state index in [4.69, 9.17) is 15.4 Å². The molecule has 2 saturated carbocycles. The minimum absolute atomic E-state index is 0.145. The maximum Gasteiger partial charge on any atom is 0.229 e. The number of aliphatic hydroxyl groups excluding tert-OH is 1. The van der Waals surface area contributed by atoms with Crippen molar-refractivity contribution in [2.24, 2.45) is 17.6 Å². The number of aliphatic hydroxyl groups is 1. The van der Waals surface area contributed by atoms with Crippen LogP contribution < -0.4 is 5.73 Å². The van der Waals surface area contributed by atoms with Gasteiger partial charge in [0.1, 0.15) is 0 Å². The normalized spacial score (nSPS) is 32.8. The van der Waals surface area contributed by atoms with Gasteiger partial charge in [0, 0.05) is 5.92 Å². The number of hydrogen-bond donors (Lipinski definition) is 2. The van der Waals surface area contributed by atoms with Gasteiger partial charge in [-0.25, -0.2) is 0 Å². The largest absolute Gasteiger partial charge is 0.394 e. The highest BCUT2D eigenvalue weighted by Gasteiger charge is 2.35. The zero-order valence-corrected chi connectivity index (χ0v) is 11.3. The van der Waals surface area contributed by atoms with E-state index in [2.05, 4.69) is 10.1 Å². The molecule has 1 aromatic heterocycles. The third-order valence-electron chi connectivity index (χ3n) is 4.87. The predicted molar refractivity (Wildman–Crippen MR) is 70.4 cm³/mol. The molecular formula is C14H23N3O2. The minimum Gasteiger partial charge on any atom is -0.394 e.